The van der Waals surface area contributed by atoms with E-state index in [1.807, 2.05) is 0 Å². The molecule has 0 aromatic carbocycles. The van der Waals surface area contributed by atoms with Gasteiger partial charge in [-0.25, -0.2) is 9.13 Å². The lowest BCUT2D eigenvalue weighted by Crippen LogP contribution is -1.66. The lowest BCUT2D eigenvalue weighted by atomic mass is 15.8. The van der Waals surface area contributed by atoms with Crippen LogP contribution in [-0.2, 0) is 9.13 Å². The van der Waals surface area contributed by atoms with Crippen LogP contribution in [-0.4, -0.2) is 29.4 Å². The molecule has 0 aromatic heterocycles. The molecule has 8 nitrogen and oxygen atoms in total. The second kappa shape index (κ2) is 7.71. The number of halogens is 2. The molecule has 0 aromatic rings. The summed E-state index contributed by atoms with van der Waals surface area (Å²) in [6, 6.07) is 0. The van der Waals surface area contributed by atoms with E-state index in [1.54, 1.807) is 0 Å². The molecule has 0 unspecified atom stereocenters. The summed E-state index contributed by atoms with van der Waals surface area (Å²) >= 11 is 0. The molecule has 0 rings (SSSR count). The summed E-state index contributed by atoms with van der Waals surface area (Å²) in [6.07, 6.45) is 0. The number of phosphoric acid groups is 2. The minimum absolute atomic E-state index is 0. The number of rotatable bonds is 0. The highest BCUT2D eigenvalue weighted by Crippen LogP contribution is 2.26. The molecule has 0 spiro atoms. The summed E-state index contributed by atoms with van der Waals surface area (Å²) in [5.74, 6) is 0. The van der Waals surface area contributed by atoms with E-state index in [4.69, 9.17) is 38.5 Å². The van der Waals surface area contributed by atoms with Crippen molar-refractivity contribution in [3.63, 3.8) is 0 Å². The van der Waals surface area contributed by atoms with E-state index < -0.39 is 15.6 Å². The van der Waals surface area contributed by atoms with Crippen molar-refractivity contribution in [1.29, 1.82) is 0 Å². The van der Waals surface area contributed by atoms with Gasteiger partial charge in [0.05, 0.1) is 0 Å². The van der Waals surface area contributed by atoms with Crippen LogP contribution in [0.25, 0.3) is 0 Å². The highest BCUT2D eigenvalue weighted by atomic mass is 31.2. The zero-order valence-electron chi connectivity index (χ0n) is 5.21. The second-order valence-corrected chi connectivity index (χ2v) is 3.08. The number of hydrogen-bond donors (Lipinski definition) is 6. The highest BCUT2D eigenvalue weighted by molar-refractivity contribution is 7.45. The van der Waals surface area contributed by atoms with Gasteiger partial charge in [0, 0.05) is 0 Å². The fourth-order valence-electron chi connectivity index (χ4n) is 0. The molecule has 0 amide bonds. The van der Waals surface area contributed by atoms with Gasteiger partial charge in [0.2, 0.25) is 0 Å². The van der Waals surface area contributed by atoms with Gasteiger partial charge in [-0.3, -0.25) is 9.41 Å². The molecule has 0 atom stereocenters. The average Bonchev–Trinajstić information content (AvgIpc) is 1.12. The van der Waals surface area contributed by atoms with Gasteiger partial charge in [-0.2, -0.15) is 0 Å². The van der Waals surface area contributed by atoms with Crippen LogP contribution >= 0.6 is 15.6 Å². The van der Waals surface area contributed by atoms with Crippen molar-refractivity contribution in [2.24, 2.45) is 0 Å². The first-order valence-electron chi connectivity index (χ1n) is 1.57. The van der Waals surface area contributed by atoms with Gasteiger partial charge < -0.3 is 29.4 Å². The SMILES string of the molecule is F.F.O=P(O)(O)O.O=P(O)(O)O. The standard InChI is InChI=1S/2FH.2H3O4P/c;;2*1-5(2,3)4/h2*1H;2*(H3,1,2,3,4). The van der Waals surface area contributed by atoms with Crippen molar-refractivity contribution >= 4 is 15.6 Å². The maximum atomic E-state index is 8.88. The molecular weight excluding hydrogens is 228 g/mol. The van der Waals surface area contributed by atoms with Crippen molar-refractivity contribution < 1.29 is 47.9 Å². The molecule has 12 heavy (non-hydrogen) atoms. The fraction of sp³-hybridized carbons (Fsp3) is 0. The molecule has 6 N–H and O–H groups in total. The van der Waals surface area contributed by atoms with Gasteiger partial charge in [0.15, 0.2) is 0 Å². The minimum Gasteiger partial charge on any atom is -0.303 e. The Balaban J connectivity index is -0.0000000457. The molecule has 0 aliphatic heterocycles. The van der Waals surface area contributed by atoms with E-state index in [0.717, 1.165) is 0 Å². The van der Waals surface area contributed by atoms with Crippen LogP contribution < -0.4 is 0 Å². The van der Waals surface area contributed by atoms with Crippen LogP contribution in [0.2, 0.25) is 0 Å². The lowest BCUT2D eigenvalue weighted by molar-refractivity contribution is 0.272. The van der Waals surface area contributed by atoms with Gasteiger partial charge in [-0.05, 0) is 0 Å². The first-order valence-corrected chi connectivity index (χ1v) is 4.70. The van der Waals surface area contributed by atoms with Crippen molar-refractivity contribution in [2.45, 2.75) is 0 Å². The summed E-state index contributed by atoms with van der Waals surface area (Å²) in [4.78, 5) is 43.1. The monoisotopic (exact) mass is 236 g/mol. The summed E-state index contributed by atoms with van der Waals surface area (Å²) in [6.45, 7) is 0. The third kappa shape index (κ3) is 130000. The van der Waals surface area contributed by atoms with E-state index in [9.17, 15) is 0 Å². The fourth-order valence-corrected chi connectivity index (χ4v) is 0. The van der Waals surface area contributed by atoms with Gasteiger partial charge in [-0.1, -0.05) is 0 Å². The maximum Gasteiger partial charge on any atom is 0.466 e. The molecule has 0 fully saturated rings. The quantitative estimate of drug-likeness (QED) is 0.276. The Hall–Kier alpha value is 0.0800. The largest absolute Gasteiger partial charge is 0.466 e. The Morgan fingerprint density at radius 2 is 0.583 bits per heavy atom. The van der Waals surface area contributed by atoms with Crippen LogP contribution in [0.5, 0.6) is 0 Å². The molecular formula is H8F2O8P2. The molecule has 0 saturated heterocycles. The zero-order valence-corrected chi connectivity index (χ0v) is 7.00. The Kier molecular flexibility index (Phi) is 14.6. The van der Waals surface area contributed by atoms with Crippen LogP contribution in [0.3, 0.4) is 0 Å². The van der Waals surface area contributed by atoms with Crippen LogP contribution in [0.1, 0.15) is 0 Å². The van der Waals surface area contributed by atoms with Gasteiger partial charge >= 0.3 is 15.6 Å². The third-order valence-corrected chi connectivity index (χ3v) is 0. The van der Waals surface area contributed by atoms with Crippen LogP contribution in [0.4, 0.5) is 9.41 Å². The Morgan fingerprint density at radius 1 is 0.583 bits per heavy atom. The summed E-state index contributed by atoms with van der Waals surface area (Å²) in [7, 11) is -9.28. The molecule has 0 heterocycles. The Labute approximate surface area is 64.7 Å². The van der Waals surface area contributed by atoms with Crippen molar-refractivity contribution in [1.82, 2.24) is 0 Å². The molecule has 0 radical (unpaired) electrons. The Morgan fingerprint density at radius 3 is 0.583 bits per heavy atom. The van der Waals surface area contributed by atoms with E-state index in [-0.39, 0.29) is 9.41 Å². The van der Waals surface area contributed by atoms with Gasteiger partial charge in [-0.15, -0.1) is 0 Å². The van der Waals surface area contributed by atoms with Crippen molar-refractivity contribution in [3.8, 4) is 0 Å². The topological polar surface area (TPSA) is 156 Å². The first-order chi connectivity index (χ1) is 4.00. The van der Waals surface area contributed by atoms with E-state index in [0.29, 0.717) is 0 Å². The van der Waals surface area contributed by atoms with Gasteiger partial charge in [0.1, 0.15) is 0 Å². The smallest absolute Gasteiger partial charge is 0.303 e. The van der Waals surface area contributed by atoms with Crippen LogP contribution in [0.15, 0.2) is 0 Å². The first kappa shape index (κ1) is 22.7. The molecule has 0 saturated carbocycles. The molecule has 80 valence electrons. The minimum atomic E-state index is -4.64. The number of hydrogen-bond acceptors (Lipinski definition) is 2. The molecule has 0 aliphatic carbocycles. The van der Waals surface area contributed by atoms with Gasteiger partial charge in [0.25, 0.3) is 0 Å². The molecule has 12 heteroatoms. The predicted octanol–water partition coefficient (Wildman–Crippen LogP) is -1.55. The van der Waals surface area contributed by atoms with Crippen molar-refractivity contribution in [2.75, 3.05) is 0 Å². The zero-order chi connectivity index (χ0) is 9.00. The van der Waals surface area contributed by atoms with E-state index in [2.05, 4.69) is 0 Å². The summed E-state index contributed by atoms with van der Waals surface area (Å²) in [5.41, 5.74) is 0. The maximum absolute atomic E-state index is 8.88. The lowest BCUT2D eigenvalue weighted by Gasteiger charge is -1.82. The average molecular weight is 236 g/mol. The van der Waals surface area contributed by atoms with Crippen molar-refractivity contribution in [3.05, 3.63) is 0 Å². The summed E-state index contributed by atoms with van der Waals surface area (Å²) < 4.78 is 17.8. The summed E-state index contributed by atoms with van der Waals surface area (Å²) in [5, 5.41) is 0. The predicted molar refractivity (Wildman–Crippen MR) is 33.5 cm³/mol. The second-order valence-electron chi connectivity index (χ2n) is 1.03. The third-order valence-electron chi connectivity index (χ3n) is 0. The Bertz CT molecular complexity index is 127. The molecule has 0 aliphatic rings. The normalized spacial score (nSPS) is 9.83. The highest BCUT2D eigenvalue weighted by Gasteiger charge is 2.00. The van der Waals surface area contributed by atoms with E-state index >= 15 is 0 Å². The van der Waals surface area contributed by atoms with Crippen LogP contribution in [0, 0.1) is 0 Å². The van der Waals surface area contributed by atoms with E-state index in [1.165, 1.54) is 0 Å². The molecule has 0 bridgehead atoms.